The molecule has 1 aromatic rings. The Bertz CT molecular complexity index is 1060. The number of likely N-dealkylation sites (tertiary alicyclic amines) is 1. The number of anilines is 1. The van der Waals surface area contributed by atoms with Gasteiger partial charge in [-0.2, -0.15) is 0 Å². The van der Waals surface area contributed by atoms with Crippen LogP contribution in [0.4, 0.5) is 15.4 Å². The summed E-state index contributed by atoms with van der Waals surface area (Å²) in [4.78, 5) is 43.2. The fourth-order valence-corrected chi connectivity index (χ4v) is 5.33. The monoisotopic (exact) mass is 560 g/mol. The Balaban J connectivity index is 1.12. The molecule has 3 aliphatic rings. The molecule has 0 aromatic carbocycles. The third-order valence-corrected chi connectivity index (χ3v) is 7.53. The van der Waals surface area contributed by atoms with Crippen LogP contribution >= 0.6 is 0 Å². The van der Waals surface area contributed by atoms with Crippen LogP contribution in [0.1, 0.15) is 71.1 Å². The number of alkyl carbamates (subject to hydrolysis) is 1. The second-order valence-electron chi connectivity index (χ2n) is 12.4. The van der Waals surface area contributed by atoms with E-state index >= 15 is 0 Å². The molecule has 2 N–H and O–H groups in total. The maximum Gasteiger partial charge on any atom is 0.410 e. The Morgan fingerprint density at radius 3 is 2.67 bits per heavy atom. The maximum atomic E-state index is 12.5. The molecule has 1 saturated heterocycles. The summed E-state index contributed by atoms with van der Waals surface area (Å²) in [7, 11) is 1.28. The van der Waals surface area contributed by atoms with Gasteiger partial charge in [0.2, 0.25) is 0 Å². The number of fused-ring (bicyclic) bond motifs is 1. The number of rotatable bonds is 10. The van der Waals surface area contributed by atoms with Gasteiger partial charge >= 0.3 is 18.2 Å². The lowest BCUT2D eigenvalue weighted by Gasteiger charge is -2.46. The summed E-state index contributed by atoms with van der Waals surface area (Å²) in [6.07, 6.45) is 5.48. The number of esters is 1. The van der Waals surface area contributed by atoms with Crippen molar-refractivity contribution in [3.8, 4) is 0 Å². The number of amides is 2. The zero-order valence-corrected chi connectivity index (χ0v) is 24.4. The topological polar surface area (TPSA) is 128 Å². The lowest BCUT2D eigenvalue weighted by Crippen LogP contribution is -2.65. The van der Waals surface area contributed by atoms with Crippen molar-refractivity contribution >= 4 is 24.0 Å². The van der Waals surface area contributed by atoms with Crippen LogP contribution in [0.5, 0.6) is 0 Å². The minimum Gasteiger partial charge on any atom is -0.467 e. The Hall–Kier alpha value is -3.08. The molecule has 0 radical (unpaired) electrons. The standard InChI is InChI=1S/C29H44N4O7/c1-28(2,3)40-27(36)33-17-29(4,18-33)39-26(35)32-23(25(34)37-5)12-14-38-22-15-19(16-22)8-10-21-11-9-20-7-6-13-30-24(20)31-21/h9,11,19,22-23H,6-8,10,12-18H2,1-5H3,(H,30,31)(H,32,35). The molecule has 2 amide bonds. The number of aromatic nitrogens is 1. The van der Waals surface area contributed by atoms with E-state index in [-0.39, 0.29) is 25.6 Å². The highest BCUT2D eigenvalue weighted by atomic mass is 16.6. The van der Waals surface area contributed by atoms with Crippen LogP contribution in [-0.2, 0) is 36.6 Å². The fraction of sp³-hybridized carbons (Fsp3) is 0.724. The van der Waals surface area contributed by atoms with Crippen LogP contribution in [0.15, 0.2) is 12.1 Å². The number of aryl methyl sites for hydroxylation is 2. The number of nitrogens with one attached hydrogen (secondary N) is 2. The number of hydrogen-bond donors (Lipinski definition) is 2. The molecule has 1 aromatic heterocycles. The molecule has 1 saturated carbocycles. The molecule has 222 valence electrons. The Morgan fingerprint density at radius 1 is 1.23 bits per heavy atom. The number of carbonyl (C=O) groups excluding carboxylic acids is 3. The predicted molar refractivity (Wildman–Crippen MR) is 148 cm³/mol. The number of nitrogens with zero attached hydrogens (tertiary/aromatic N) is 2. The summed E-state index contributed by atoms with van der Waals surface area (Å²) in [5, 5.41) is 5.98. The molecule has 40 heavy (non-hydrogen) atoms. The first-order valence-corrected chi connectivity index (χ1v) is 14.3. The molecule has 1 atom stereocenters. The van der Waals surface area contributed by atoms with Gasteiger partial charge in [-0.25, -0.2) is 19.4 Å². The van der Waals surface area contributed by atoms with E-state index in [4.69, 9.17) is 23.9 Å². The van der Waals surface area contributed by atoms with Crippen LogP contribution in [0, 0.1) is 5.92 Å². The molecule has 2 aliphatic heterocycles. The molecule has 11 nitrogen and oxygen atoms in total. The van der Waals surface area contributed by atoms with Gasteiger partial charge in [0.25, 0.3) is 0 Å². The highest BCUT2D eigenvalue weighted by molar-refractivity contribution is 5.81. The van der Waals surface area contributed by atoms with Crippen molar-refractivity contribution < 1.29 is 33.3 Å². The van der Waals surface area contributed by atoms with E-state index in [1.54, 1.807) is 27.7 Å². The zero-order valence-electron chi connectivity index (χ0n) is 24.4. The summed E-state index contributed by atoms with van der Waals surface area (Å²) in [6.45, 7) is 8.84. The van der Waals surface area contributed by atoms with Gasteiger partial charge in [-0.3, -0.25) is 0 Å². The summed E-state index contributed by atoms with van der Waals surface area (Å²) in [5.74, 6) is 1.08. The molecule has 1 unspecified atom stereocenters. The van der Waals surface area contributed by atoms with Crippen LogP contribution in [0.25, 0.3) is 0 Å². The average molecular weight is 561 g/mol. The third-order valence-electron chi connectivity index (χ3n) is 7.53. The Kier molecular flexibility index (Phi) is 9.43. The molecule has 11 heteroatoms. The quantitative estimate of drug-likeness (QED) is 0.324. The van der Waals surface area contributed by atoms with E-state index in [1.807, 2.05) is 0 Å². The molecular formula is C29H44N4O7. The number of methoxy groups -OCH3 is 1. The van der Waals surface area contributed by atoms with Crippen molar-refractivity contribution in [3.05, 3.63) is 23.4 Å². The molecule has 0 bridgehead atoms. The second kappa shape index (κ2) is 12.6. The Labute approximate surface area is 236 Å². The van der Waals surface area contributed by atoms with Gasteiger partial charge in [-0.1, -0.05) is 6.07 Å². The van der Waals surface area contributed by atoms with Crippen molar-refractivity contribution in [1.82, 2.24) is 15.2 Å². The lowest BCUT2D eigenvalue weighted by atomic mass is 9.79. The molecule has 2 fully saturated rings. The number of carbonyl (C=O) groups is 3. The average Bonchev–Trinajstić information content (AvgIpc) is 2.85. The van der Waals surface area contributed by atoms with Crippen molar-refractivity contribution in [2.75, 3.05) is 38.7 Å². The molecular weight excluding hydrogens is 516 g/mol. The smallest absolute Gasteiger partial charge is 0.410 e. The molecule has 4 rings (SSSR count). The van der Waals surface area contributed by atoms with E-state index in [0.29, 0.717) is 12.5 Å². The predicted octanol–water partition coefficient (Wildman–Crippen LogP) is 3.83. The largest absolute Gasteiger partial charge is 0.467 e. The normalized spacial score (nSPS) is 22.0. The van der Waals surface area contributed by atoms with Gasteiger partial charge in [0.05, 0.1) is 26.3 Å². The van der Waals surface area contributed by atoms with Crippen molar-refractivity contribution in [3.63, 3.8) is 0 Å². The summed E-state index contributed by atoms with van der Waals surface area (Å²) in [5.41, 5.74) is 0.977. The summed E-state index contributed by atoms with van der Waals surface area (Å²) in [6, 6.07) is 3.46. The van der Waals surface area contributed by atoms with Gasteiger partial charge < -0.3 is 34.5 Å². The molecule has 0 spiro atoms. The van der Waals surface area contributed by atoms with Gasteiger partial charge in [0, 0.05) is 25.3 Å². The summed E-state index contributed by atoms with van der Waals surface area (Å²) < 4.78 is 21.7. The van der Waals surface area contributed by atoms with Crippen molar-refractivity contribution in [2.45, 2.75) is 96.0 Å². The van der Waals surface area contributed by atoms with Crippen molar-refractivity contribution in [2.24, 2.45) is 5.92 Å². The second-order valence-corrected chi connectivity index (χ2v) is 12.4. The molecule has 1 aliphatic carbocycles. The first-order valence-electron chi connectivity index (χ1n) is 14.3. The van der Waals surface area contributed by atoms with E-state index in [1.165, 1.54) is 17.6 Å². The van der Waals surface area contributed by atoms with Crippen LogP contribution in [0.3, 0.4) is 0 Å². The fourth-order valence-electron chi connectivity index (χ4n) is 5.33. The van der Waals surface area contributed by atoms with Crippen LogP contribution in [0.2, 0.25) is 0 Å². The highest BCUT2D eigenvalue weighted by Crippen LogP contribution is 2.34. The van der Waals surface area contributed by atoms with Crippen LogP contribution in [-0.4, -0.2) is 84.7 Å². The van der Waals surface area contributed by atoms with Crippen molar-refractivity contribution in [1.29, 1.82) is 0 Å². The first kappa shape index (κ1) is 29.9. The minimum atomic E-state index is -0.886. The Morgan fingerprint density at radius 2 is 1.98 bits per heavy atom. The third kappa shape index (κ3) is 8.22. The van der Waals surface area contributed by atoms with Gasteiger partial charge in [0.1, 0.15) is 23.1 Å². The van der Waals surface area contributed by atoms with Crippen LogP contribution < -0.4 is 10.6 Å². The lowest BCUT2D eigenvalue weighted by molar-refractivity contribution is -0.144. The minimum absolute atomic E-state index is 0.154. The van der Waals surface area contributed by atoms with E-state index in [2.05, 4.69) is 22.8 Å². The molecule has 3 heterocycles. The maximum absolute atomic E-state index is 12.5. The van der Waals surface area contributed by atoms with Gasteiger partial charge in [-0.05, 0) is 83.8 Å². The van der Waals surface area contributed by atoms with Gasteiger partial charge in [0.15, 0.2) is 0 Å². The zero-order chi connectivity index (χ0) is 28.9. The SMILES string of the molecule is COC(=O)C(CCOC1CC(CCc2ccc3c(n2)NCCC3)C1)NC(=O)OC1(C)CN(C(=O)OC(C)(C)C)C1. The van der Waals surface area contributed by atoms with E-state index in [0.717, 1.165) is 56.6 Å². The highest BCUT2D eigenvalue weighted by Gasteiger charge is 2.46. The number of pyridine rings is 1. The number of hydrogen-bond acceptors (Lipinski definition) is 9. The van der Waals surface area contributed by atoms with E-state index < -0.39 is 35.4 Å². The number of ether oxygens (including phenoxy) is 4. The summed E-state index contributed by atoms with van der Waals surface area (Å²) >= 11 is 0. The van der Waals surface area contributed by atoms with E-state index in [9.17, 15) is 14.4 Å². The van der Waals surface area contributed by atoms with Gasteiger partial charge in [-0.15, -0.1) is 0 Å². The first-order chi connectivity index (χ1) is 18.9.